The number of nitrogens with one attached hydrogen (secondary N) is 2. The number of hydrogen-bond donors (Lipinski definition) is 2. The number of rotatable bonds is 6. The number of ether oxygens (including phenoxy) is 1. The molecule has 0 spiro atoms. The van der Waals surface area contributed by atoms with E-state index in [2.05, 4.69) is 10.3 Å². The SMILES string of the molecule is COc1ccc2[nH]c(=O)c(CCC(=O)NC(C)c3ccccc3)cc2c1. The molecule has 3 aromatic rings. The number of aromatic amines is 1. The van der Waals surface area contributed by atoms with Gasteiger partial charge in [-0.25, -0.2) is 0 Å². The number of amides is 1. The highest BCUT2D eigenvalue weighted by Gasteiger charge is 2.11. The molecule has 1 aromatic heterocycles. The third-order valence-electron chi connectivity index (χ3n) is 4.43. The second kappa shape index (κ2) is 7.87. The minimum Gasteiger partial charge on any atom is -0.497 e. The molecular formula is C21H22N2O3. The summed E-state index contributed by atoms with van der Waals surface area (Å²) in [6.07, 6.45) is 0.644. The average Bonchev–Trinajstić information content (AvgIpc) is 2.66. The van der Waals surface area contributed by atoms with E-state index >= 15 is 0 Å². The summed E-state index contributed by atoms with van der Waals surface area (Å²) in [5.41, 5.74) is 2.23. The maximum atomic E-state index is 12.2. The maximum Gasteiger partial charge on any atom is 0.251 e. The van der Waals surface area contributed by atoms with Crippen molar-refractivity contribution >= 4 is 16.8 Å². The van der Waals surface area contributed by atoms with Crippen LogP contribution in [-0.2, 0) is 11.2 Å². The van der Waals surface area contributed by atoms with Crippen LogP contribution in [0.5, 0.6) is 5.75 Å². The Labute approximate surface area is 152 Å². The number of benzene rings is 2. The van der Waals surface area contributed by atoms with Crippen molar-refractivity contribution in [3.8, 4) is 5.75 Å². The van der Waals surface area contributed by atoms with Crippen molar-refractivity contribution in [1.29, 1.82) is 0 Å². The van der Waals surface area contributed by atoms with Gasteiger partial charge in [0.15, 0.2) is 0 Å². The zero-order chi connectivity index (χ0) is 18.5. The molecule has 0 fully saturated rings. The van der Waals surface area contributed by atoms with Crippen LogP contribution in [0.4, 0.5) is 0 Å². The van der Waals surface area contributed by atoms with Gasteiger partial charge < -0.3 is 15.0 Å². The van der Waals surface area contributed by atoms with Gasteiger partial charge in [-0.15, -0.1) is 0 Å². The summed E-state index contributed by atoms with van der Waals surface area (Å²) < 4.78 is 5.22. The van der Waals surface area contributed by atoms with Crippen LogP contribution in [-0.4, -0.2) is 18.0 Å². The largest absolute Gasteiger partial charge is 0.497 e. The Bertz CT molecular complexity index is 964. The van der Waals surface area contributed by atoms with Crippen LogP contribution in [0, 0.1) is 0 Å². The molecule has 2 N–H and O–H groups in total. The first kappa shape index (κ1) is 17.7. The molecule has 1 amide bonds. The summed E-state index contributed by atoms with van der Waals surface area (Å²) in [6.45, 7) is 1.95. The Morgan fingerprint density at radius 2 is 1.92 bits per heavy atom. The number of H-pyrrole nitrogens is 1. The molecule has 5 nitrogen and oxygen atoms in total. The van der Waals surface area contributed by atoms with Crippen LogP contribution in [0.2, 0.25) is 0 Å². The highest BCUT2D eigenvalue weighted by Crippen LogP contribution is 2.19. The predicted molar refractivity (Wildman–Crippen MR) is 102 cm³/mol. The topological polar surface area (TPSA) is 71.2 Å². The molecule has 0 aliphatic rings. The Kier molecular flexibility index (Phi) is 5.37. The van der Waals surface area contributed by atoms with E-state index in [0.717, 1.165) is 22.2 Å². The Morgan fingerprint density at radius 3 is 2.65 bits per heavy atom. The van der Waals surface area contributed by atoms with E-state index in [4.69, 9.17) is 4.74 Å². The summed E-state index contributed by atoms with van der Waals surface area (Å²) >= 11 is 0. The van der Waals surface area contributed by atoms with E-state index in [1.165, 1.54) is 0 Å². The highest BCUT2D eigenvalue weighted by molar-refractivity contribution is 5.81. The van der Waals surface area contributed by atoms with Gasteiger partial charge in [-0.1, -0.05) is 30.3 Å². The number of pyridine rings is 1. The van der Waals surface area contributed by atoms with E-state index in [9.17, 15) is 9.59 Å². The number of fused-ring (bicyclic) bond motifs is 1. The molecule has 3 rings (SSSR count). The molecule has 1 heterocycles. The van der Waals surface area contributed by atoms with Gasteiger partial charge in [-0.3, -0.25) is 9.59 Å². The number of aromatic nitrogens is 1. The van der Waals surface area contributed by atoms with Gasteiger partial charge in [0.2, 0.25) is 5.91 Å². The number of methoxy groups -OCH3 is 1. The quantitative estimate of drug-likeness (QED) is 0.716. The molecule has 2 aromatic carbocycles. The number of carbonyl (C=O) groups excluding carboxylic acids is 1. The van der Waals surface area contributed by atoms with E-state index in [1.54, 1.807) is 13.2 Å². The third kappa shape index (κ3) is 4.11. The molecule has 0 bridgehead atoms. The Hall–Kier alpha value is -3.08. The fourth-order valence-electron chi connectivity index (χ4n) is 2.93. The molecule has 5 heteroatoms. The lowest BCUT2D eigenvalue weighted by molar-refractivity contribution is -0.121. The van der Waals surface area contributed by atoms with Crippen LogP contribution in [0.25, 0.3) is 10.9 Å². The first-order valence-corrected chi connectivity index (χ1v) is 8.61. The predicted octanol–water partition coefficient (Wildman–Crippen LogP) is 3.35. The number of hydrogen-bond acceptors (Lipinski definition) is 3. The molecule has 0 aliphatic carbocycles. The van der Waals surface area contributed by atoms with E-state index in [1.807, 2.05) is 55.5 Å². The van der Waals surface area contributed by atoms with Gasteiger partial charge in [0.1, 0.15) is 5.75 Å². The third-order valence-corrected chi connectivity index (χ3v) is 4.43. The van der Waals surface area contributed by atoms with Gasteiger partial charge in [0, 0.05) is 22.9 Å². The standard InChI is InChI=1S/C21H22N2O3/c1-14(15-6-4-3-5-7-15)22-20(24)11-8-16-12-17-13-18(26-2)9-10-19(17)23-21(16)25/h3-7,9-10,12-14H,8,11H2,1-2H3,(H,22,24)(H,23,25). The molecule has 1 atom stereocenters. The van der Waals surface area contributed by atoms with E-state index in [0.29, 0.717) is 12.0 Å². The van der Waals surface area contributed by atoms with Crippen molar-refractivity contribution in [3.63, 3.8) is 0 Å². The molecule has 0 saturated heterocycles. The molecule has 0 saturated carbocycles. The molecule has 0 radical (unpaired) electrons. The molecular weight excluding hydrogens is 328 g/mol. The van der Waals surface area contributed by atoms with Gasteiger partial charge in [0.05, 0.1) is 13.2 Å². The van der Waals surface area contributed by atoms with Crippen molar-refractivity contribution in [2.24, 2.45) is 0 Å². The Balaban J connectivity index is 1.68. The summed E-state index contributed by atoms with van der Waals surface area (Å²) in [5, 5.41) is 3.86. The van der Waals surface area contributed by atoms with Crippen molar-refractivity contribution in [3.05, 3.63) is 76.1 Å². The molecule has 134 valence electrons. The second-order valence-electron chi connectivity index (χ2n) is 6.28. The van der Waals surface area contributed by atoms with Gasteiger partial charge in [0.25, 0.3) is 5.56 Å². The lowest BCUT2D eigenvalue weighted by Crippen LogP contribution is -2.27. The smallest absolute Gasteiger partial charge is 0.251 e. The van der Waals surface area contributed by atoms with Gasteiger partial charge in [-0.05, 0) is 43.2 Å². The molecule has 0 aliphatic heterocycles. The summed E-state index contributed by atoms with van der Waals surface area (Å²) in [4.78, 5) is 27.3. The van der Waals surface area contributed by atoms with Gasteiger partial charge in [-0.2, -0.15) is 0 Å². The van der Waals surface area contributed by atoms with Crippen molar-refractivity contribution in [1.82, 2.24) is 10.3 Å². The number of carbonyl (C=O) groups is 1. The minimum absolute atomic E-state index is 0.0668. The Morgan fingerprint density at radius 1 is 1.15 bits per heavy atom. The highest BCUT2D eigenvalue weighted by atomic mass is 16.5. The maximum absolute atomic E-state index is 12.2. The lowest BCUT2D eigenvalue weighted by Gasteiger charge is -2.14. The van der Waals surface area contributed by atoms with Crippen LogP contribution in [0.15, 0.2) is 59.4 Å². The zero-order valence-corrected chi connectivity index (χ0v) is 14.9. The zero-order valence-electron chi connectivity index (χ0n) is 14.9. The summed E-state index contributed by atoms with van der Waals surface area (Å²) in [6, 6.07) is 17.0. The van der Waals surface area contributed by atoms with E-state index < -0.39 is 0 Å². The van der Waals surface area contributed by atoms with Crippen LogP contribution < -0.4 is 15.6 Å². The fourth-order valence-corrected chi connectivity index (χ4v) is 2.93. The normalized spacial score (nSPS) is 11.9. The second-order valence-corrected chi connectivity index (χ2v) is 6.28. The first-order valence-electron chi connectivity index (χ1n) is 8.61. The van der Waals surface area contributed by atoms with Crippen molar-refractivity contribution < 1.29 is 9.53 Å². The number of aryl methyl sites for hydroxylation is 1. The van der Waals surface area contributed by atoms with Crippen molar-refractivity contribution in [2.45, 2.75) is 25.8 Å². The van der Waals surface area contributed by atoms with Crippen LogP contribution in [0.3, 0.4) is 0 Å². The monoisotopic (exact) mass is 350 g/mol. The minimum atomic E-state index is -0.161. The van der Waals surface area contributed by atoms with Crippen molar-refractivity contribution in [2.75, 3.05) is 7.11 Å². The summed E-state index contributed by atoms with van der Waals surface area (Å²) in [7, 11) is 1.60. The fraction of sp³-hybridized carbons (Fsp3) is 0.238. The molecule has 26 heavy (non-hydrogen) atoms. The first-order chi connectivity index (χ1) is 12.6. The van der Waals surface area contributed by atoms with E-state index in [-0.39, 0.29) is 23.9 Å². The summed E-state index contributed by atoms with van der Waals surface area (Å²) in [5.74, 6) is 0.649. The average molecular weight is 350 g/mol. The molecule has 1 unspecified atom stereocenters. The van der Waals surface area contributed by atoms with Gasteiger partial charge >= 0.3 is 0 Å². The van der Waals surface area contributed by atoms with Crippen LogP contribution >= 0.6 is 0 Å². The van der Waals surface area contributed by atoms with Crippen LogP contribution in [0.1, 0.15) is 30.5 Å². The lowest BCUT2D eigenvalue weighted by atomic mass is 10.1.